The van der Waals surface area contributed by atoms with Crippen LogP contribution in [0.3, 0.4) is 0 Å². The van der Waals surface area contributed by atoms with Crippen LogP contribution in [0.5, 0.6) is 0 Å². The van der Waals surface area contributed by atoms with Gasteiger partial charge < -0.3 is 0 Å². The molecule has 0 aliphatic rings. The van der Waals surface area contributed by atoms with Gasteiger partial charge in [-0.1, -0.05) is 12.1 Å². The first-order valence-electron chi connectivity index (χ1n) is 6.37. The lowest BCUT2D eigenvalue weighted by Gasteiger charge is -2.07. The first kappa shape index (κ1) is 16.1. The molecule has 0 aromatic heterocycles. The lowest BCUT2D eigenvalue weighted by Crippen LogP contribution is -2.19. The highest BCUT2D eigenvalue weighted by Gasteiger charge is 2.15. The third kappa shape index (κ3) is 3.67. The van der Waals surface area contributed by atoms with Gasteiger partial charge in [-0.15, -0.1) is 0 Å². The Hall–Kier alpha value is -2.28. The van der Waals surface area contributed by atoms with Gasteiger partial charge in [-0.25, -0.2) is 13.6 Å². The molecule has 0 unspecified atom stereocenters. The van der Waals surface area contributed by atoms with Crippen molar-refractivity contribution in [3.8, 4) is 0 Å². The molecule has 7 heteroatoms. The molecule has 0 amide bonds. The Morgan fingerprint density at radius 3 is 2.50 bits per heavy atom. The van der Waals surface area contributed by atoms with Crippen LogP contribution in [-0.2, 0) is 10.0 Å². The van der Waals surface area contributed by atoms with Crippen molar-refractivity contribution in [3.05, 3.63) is 64.7 Å². The maximum absolute atomic E-state index is 13.4. The van der Waals surface area contributed by atoms with E-state index in [2.05, 4.69) is 5.10 Å². The van der Waals surface area contributed by atoms with E-state index in [0.717, 1.165) is 17.8 Å². The Morgan fingerprint density at radius 1 is 1.09 bits per heavy atom. The molecule has 0 aliphatic carbocycles. The van der Waals surface area contributed by atoms with Crippen LogP contribution in [0.2, 0.25) is 0 Å². The smallest absolute Gasteiger partial charge is 0.207 e. The van der Waals surface area contributed by atoms with Crippen molar-refractivity contribution in [1.29, 1.82) is 0 Å². The van der Waals surface area contributed by atoms with Crippen LogP contribution in [0.4, 0.5) is 8.78 Å². The van der Waals surface area contributed by atoms with E-state index < -0.39 is 21.7 Å². The fraction of sp³-hybridized carbons (Fsp3) is 0.133. The van der Waals surface area contributed by atoms with Gasteiger partial charge in [0.05, 0.1) is 11.1 Å². The predicted molar refractivity (Wildman–Crippen MR) is 80.2 cm³/mol. The van der Waals surface area contributed by atoms with Gasteiger partial charge in [0.2, 0.25) is 0 Å². The van der Waals surface area contributed by atoms with Crippen molar-refractivity contribution in [2.75, 3.05) is 0 Å². The molecule has 2 aromatic carbocycles. The minimum absolute atomic E-state index is 0.0231. The zero-order valence-corrected chi connectivity index (χ0v) is 12.8. The molecule has 0 spiro atoms. The highest BCUT2D eigenvalue weighted by atomic mass is 32.2. The van der Waals surface area contributed by atoms with Gasteiger partial charge in [-0.2, -0.15) is 13.5 Å². The summed E-state index contributed by atoms with van der Waals surface area (Å²) in [5, 5.41) is 3.53. The summed E-state index contributed by atoms with van der Waals surface area (Å²) >= 11 is 0. The molecule has 0 aliphatic heterocycles. The van der Waals surface area contributed by atoms with Crippen molar-refractivity contribution < 1.29 is 17.2 Å². The highest BCUT2D eigenvalue weighted by Crippen LogP contribution is 2.16. The summed E-state index contributed by atoms with van der Waals surface area (Å²) in [4.78, 5) is 2.12. The lowest BCUT2D eigenvalue weighted by atomic mass is 10.2. The molecule has 0 atom stereocenters. The van der Waals surface area contributed by atoms with Gasteiger partial charge in [-0.05, 0) is 43.2 Å². The zero-order valence-electron chi connectivity index (χ0n) is 12.0. The van der Waals surface area contributed by atoms with Crippen molar-refractivity contribution in [1.82, 2.24) is 4.83 Å². The van der Waals surface area contributed by atoms with Crippen LogP contribution in [0.15, 0.2) is 46.4 Å². The summed E-state index contributed by atoms with van der Waals surface area (Å²) in [6.07, 6.45) is 0.984. The number of hydrogen-bond donors (Lipinski definition) is 1. The number of nitrogens with one attached hydrogen (secondary N) is 1. The van der Waals surface area contributed by atoms with Crippen LogP contribution >= 0.6 is 0 Å². The van der Waals surface area contributed by atoms with Gasteiger partial charge in [-0.3, -0.25) is 0 Å². The zero-order chi connectivity index (χ0) is 16.3. The van der Waals surface area contributed by atoms with E-state index in [1.54, 1.807) is 26.0 Å². The van der Waals surface area contributed by atoms with E-state index in [9.17, 15) is 17.2 Å². The number of rotatable bonds is 4. The molecule has 0 saturated heterocycles. The van der Waals surface area contributed by atoms with Gasteiger partial charge in [0.15, 0.2) is 0 Å². The van der Waals surface area contributed by atoms with Crippen LogP contribution in [0, 0.1) is 25.5 Å². The molecule has 22 heavy (non-hydrogen) atoms. The largest absolute Gasteiger partial charge is 0.276 e. The molecule has 116 valence electrons. The lowest BCUT2D eigenvalue weighted by molar-refractivity contribution is 0.580. The molecule has 0 saturated carbocycles. The third-order valence-corrected chi connectivity index (χ3v) is 4.34. The van der Waals surface area contributed by atoms with E-state index in [1.807, 2.05) is 4.83 Å². The van der Waals surface area contributed by atoms with Crippen molar-refractivity contribution in [2.45, 2.75) is 18.7 Å². The van der Waals surface area contributed by atoms with Crippen molar-refractivity contribution in [3.63, 3.8) is 0 Å². The van der Waals surface area contributed by atoms with E-state index in [-0.39, 0.29) is 10.5 Å². The van der Waals surface area contributed by atoms with E-state index in [0.29, 0.717) is 11.6 Å². The van der Waals surface area contributed by atoms with E-state index in [4.69, 9.17) is 0 Å². The molecular weight excluding hydrogens is 310 g/mol. The average molecular weight is 324 g/mol. The first-order valence-corrected chi connectivity index (χ1v) is 7.85. The van der Waals surface area contributed by atoms with E-state index in [1.165, 1.54) is 12.1 Å². The Morgan fingerprint density at radius 2 is 1.82 bits per heavy atom. The molecular formula is C15H14F2N2O2S. The summed E-state index contributed by atoms with van der Waals surface area (Å²) < 4.78 is 50.5. The molecule has 0 fully saturated rings. The Bertz CT molecular complexity index is 833. The number of nitrogens with zero attached hydrogens (tertiary/aromatic N) is 1. The van der Waals surface area contributed by atoms with Gasteiger partial charge in [0.1, 0.15) is 11.6 Å². The maximum atomic E-state index is 13.4. The second-order valence-corrected chi connectivity index (χ2v) is 6.42. The number of aryl methyl sites for hydroxylation is 2. The first-order chi connectivity index (χ1) is 10.3. The minimum atomic E-state index is -3.85. The SMILES string of the molecule is Cc1ccc(C)c(S(=O)(=O)N/N=C/c2ccc(F)cc2F)c1. The monoisotopic (exact) mass is 324 g/mol. The molecule has 0 radical (unpaired) electrons. The number of sulfonamides is 1. The topological polar surface area (TPSA) is 58.5 Å². The summed E-state index contributed by atoms with van der Waals surface area (Å²) in [5.41, 5.74) is 1.34. The third-order valence-electron chi connectivity index (χ3n) is 2.97. The van der Waals surface area contributed by atoms with Gasteiger partial charge >= 0.3 is 0 Å². The van der Waals surface area contributed by atoms with E-state index >= 15 is 0 Å². The number of halogens is 2. The number of hydrazone groups is 1. The minimum Gasteiger partial charge on any atom is -0.207 e. The molecule has 2 aromatic rings. The van der Waals surface area contributed by atoms with Crippen molar-refractivity contribution in [2.24, 2.45) is 5.10 Å². The fourth-order valence-electron chi connectivity index (χ4n) is 1.82. The van der Waals surface area contributed by atoms with Crippen LogP contribution in [-0.4, -0.2) is 14.6 Å². The Labute approximate surface area is 127 Å². The van der Waals surface area contributed by atoms with Gasteiger partial charge in [0, 0.05) is 11.6 Å². The molecule has 0 bridgehead atoms. The Kier molecular flexibility index (Phi) is 4.56. The molecule has 1 N–H and O–H groups in total. The molecule has 4 nitrogen and oxygen atoms in total. The summed E-state index contributed by atoms with van der Waals surface area (Å²) in [7, 11) is -3.85. The fourth-order valence-corrected chi connectivity index (χ4v) is 2.94. The number of benzene rings is 2. The second kappa shape index (κ2) is 6.23. The maximum Gasteiger partial charge on any atom is 0.276 e. The van der Waals surface area contributed by atoms with Gasteiger partial charge in [0.25, 0.3) is 10.0 Å². The number of hydrogen-bond acceptors (Lipinski definition) is 3. The quantitative estimate of drug-likeness (QED) is 0.694. The molecule has 2 rings (SSSR count). The summed E-state index contributed by atoms with van der Waals surface area (Å²) in [6, 6.07) is 7.93. The molecule has 0 heterocycles. The Balaban J connectivity index is 2.22. The van der Waals surface area contributed by atoms with Crippen LogP contribution in [0.1, 0.15) is 16.7 Å². The average Bonchev–Trinajstić information content (AvgIpc) is 2.44. The summed E-state index contributed by atoms with van der Waals surface area (Å²) in [5.74, 6) is -1.54. The normalized spacial score (nSPS) is 11.8. The van der Waals surface area contributed by atoms with Crippen molar-refractivity contribution >= 4 is 16.2 Å². The standard InChI is InChI=1S/C15H14F2N2O2S/c1-10-3-4-11(2)15(7-10)22(20,21)19-18-9-12-5-6-13(16)8-14(12)17/h3-9,19H,1-2H3/b18-9+. The second-order valence-electron chi connectivity index (χ2n) is 4.79. The van der Waals surface area contributed by atoms with Crippen LogP contribution in [0.25, 0.3) is 0 Å². The summed E-state index contributed by atoms with van der Waals surface area (Å²) in [6.45, 7) is 3.44. The highest BCUT2D eigenvalue weighted by molar-refractivity contribution is 7.89. The predicted octanol–water partition coefficient (Wildman–Crippen LogP) is 2.89. The van der Waals surface area contributed by atoms with Crippen LogP contribution < -0.4 is 4.83 Å².